The lowest BCUT2D eigenvalue weighted by molar-refractivity contribution is -0.140. The van der Waals surface area contributed by atoms with E-state index in [4.69, 9.17) is 9.47 Å². The Morgan fingerprint density at radius 3 is 2.53 bits per heavy atom. The molecule has 204 valence electrons. The molecule has 3 N–H and O–H groups in total. The van der Waals surface area contributed by atoms with Crippen LogP contribution in [-0.4, -0.2) is 73.6 Å². The van der Waals surface area contributed by atoms with Crippen LogP contribution in [0.1, 0.15) is 36.8 Å². The second kappa shape index (κ2) is 15.1. The first-order chi connectivity index (χ1) is 18.4. The Bertz CT molecular complexity index is 1040. The van der Waals surface area contributed by atoms with Gasteiger partial charge in [0.15, 0.2) is 0 Å². The van der Waals surface area contributed by atoms with Gasteiger partial charge < -0.3 is 30.0 Å². The minimum absolute atomic E-state index is 0.0322. The standard InChI is InChI=1S/C27H35BFN3O6/c1-37-16-6-10-24(28-36)31-25(33)23-9-5-15-32(23)26(34)22(17-19-11-13-21(29)14-12-19)30-27(35)38-18-20-7-3-2-4-8-20/h2-4,7-8,11-14,22-24,28,36H,5-6,9-10,15-18H2,1H3,(H,30,35)(H,31,33)/t22-,23+,24+/m1/s1. The van der Waals surface area contributed by atoms with Gasteiger partial charge in [-0.2, -0.15) is 0 Å². The number of carbonyl (C=O) groups excluding carboxylic acids is 3. The molecule has 1 fully saturated rings. The molecule has 11 heteroatoms. The number of methoxy groups -OCH3 is 1. The first-order valence-electron chi connectivity index (χ1n) is 12.8. The van der Waals surface area contributed by atoms with E-state index in [1.807, 2.05) is 30.3 Å². The summed E-state index contributed by atoms with van der Waals surface area (Å²) < 4.78 is 23.8. The SMILES string of the molecule is COCCC[C@@H](BO)NC(=O)[C@@H]1CCCN1C(=O)[C@@H](Cc1ccc(F)cc1)NC(=O)OCc1ccccc1. The number of amides is 3. The summed E-state index contributed by atoms with van der Waals surface area (Å²) in [7, 11) is 1.36. The molecular formula is C27H35BFN3O6. The van der Waals surface area contributed by atoms with Crippen molar-refractivity contribution in [3.63, 3.8) is 0 Å². The smallest absolute Gasteiger partial charge is 0.408 e. The van der Waals surface area contributed by atoms with Gasteiger partial charge in [-0.3, -0.25) is 9.59 Å². The highest BCUT2D eigenvalue weighted by molar-refractivity contribution is 6.28. The topological polar surface area (TPSA) is 117 Å². The zero-order valence-electron chi connectivity index (χ0n) is 21.6. The molecule has 1 aliphatic rings. The van der Waals surface area contributed by atoms with E-state index in [2.05, 4.69) is 10.6 Å². The number of halogens is 1. The van der Waals surface area contributed by atoms with Gasteiger partial charge in [0.2, 0.25) is 11.8 Å². The molecule has 2 aromatic rings. The van der Waals surface area contributed by atoms with Gasteiger partial charge in [0, 0.05) is 32.6 Å². The summed E-state index contributed by atoms with van der Waals surface area (Å²) in [5, 5.41) is 15.1. The lowest BCUT2D eigenvalue weighted by Gasteiger charge is -2.29. The monoisotopic (exact) mass is 527 g/mol. The summed E-state index contributed by atoms with van der Waals surface area (Å²) in [5.41, 5.74) is 1.44. The zero-order valence-corrected chi connectivity index (χ0v) is 21.6. The Kier molecular flexibility index (Phi) is 11.6. The summed E-state index contributed by atoms with van der Waals surface area (Å²) in [6.45, 7) is 0.896. The molecule has 0 bridgehead atoms. The van der Waals surface area contributed by atoms with Crippen LogP contribution >= 0.6 is 0 Å². The van der Waals surface area contributed by atoms with Gasteiger partial charge in [0.05, 0.1) is 0 Å². The van der Waals surface area contributed by atoms with Gasteiger partial charge in [-0.05, 0) is 48.9 Å². The summed E-state index contributed by atoms with van der Waals surface area (Å²) in [6, 6.07) is 13.1. The molecule has 3 rings (SSSR count). The van der Waals surface area contributed by atoms with E-state index >= 15 is 0 Å². The largest absolute Gasteiger partial charge is 0.452 e. The van der Waals surface area contributed by atoms with Gasteiger partial charge in [0.1, 0.15) is 24.5 Å². The third kappa shape index (κ3) is 8.85. The van der Waals surface area contributed by atoms with Crippen molar-refractivity contribution in [1.29, 1.82) is 0 Å². The Hall–Kier alpha value is -3.44. The molecule has 9 nitrogen and oxygen atoms in total. The van der Waals surface area contributed by atoms with Crippen molar-refractivity contribution in [2.45, 2.75) is 56.7 Å². The maximum Gasteiger partial charge on any atom is 0.408 e. The molecule has 1 aliphatic heterocycles. The van der Waals surface area contributed by atoms with Crippen LogP contribution in [0.15, 0.2) is 54.6 Å². The predicted octanol–water partition coefficient (Wildman–Crippen LogP) is 1.87. The number of carbonyl (C=O) groups is 3. The predicted molar refractivity (Wildman–Crippen MR) is 141 cm³/mol. The molecule has 3 atom stereocenters. The molecule has 0 radical (unpaired) electrons. The van der Waals surface area contributed by atoms with Crippen LogP contribution in [0.5, 0.6) is 0 Å². The number of rotatable bonds is 13. The number of alkyl carbamates (subject to hydrolysis) is 1. The number of nitrogens with one attached hydrogen (secondary N) is 2. The Labute approximate surface area is 223 Å². The van der Waals surface area contributed by atoms with E-state index in [1.54, 1.807) is 19.2 Å². The fourth-order valence-electron chi connectivity index (χ4n) is 4.45. The second-order valence-electron chi connectivity index (χ2n) is 9.30. The molecule has 0 aromatic heterocycles. The Morgan fingerprint density at radius 2 is 1.84 bits per heavy atom. The average molecular weight is 527 g/mol. The lowest BCUT2D eigenvalue weighted by atomic mass is 9.84. The summed E-state index contributed by atoms with van der Waals surface area (Å²) in [4.78, 5) is 40.8. The molecule has 3 amide bonds. The summed E-state index contributed by atoms with van der Waals surface area (Å²) in [6.07, 6.45) is 1.63. The highest BCUT2D eigenvalue weighted by Gasteiger charge is 2.38. The maximum atomic E-state index is 13.6. The molecule has 2 aromatic carbocycles. The molecule has 38 heavy (non-hydrogen) atoms. The third-order valence-electron chi connectivity index (χ3n) is 6.46. The number of likely N-dealkylation sites (tertiary alicyclic amines) is 1. The first-order valence-corrected chi connectivity index (χ1v) is 12.8. The molecule has 1 saturated heterocycles. The van der Waals surface area contributed by atoms with E-state index in [1.165, 1.54) is 17.0 Å². The van der Waals surface area contributed by atoms with Crippen molar-refractivity contribution >= 4 is 25.4 Å². The van der Waals surface area contributed by atoms with Crippen molar-refractivity contribution in [3.05, 3.63) is 71.5 Å². The molecule has 0 aliphatic carbocycles. The molecule has 0 unspecified atom stereocenters. The van der Waals surface area contributed by atoms with Gasteiger partial charge in [-0.25, -0.2) is 9.18 Å². The summed E-state index contributed by atoms with van der Waals surface area (Å²) in [5.74, 6) is -1.63. The van der Waals surface area contributed by atoms with Gasteiger partial charge in [-0.15, -0.1) is 0 Å². The second-order valence-corrected chi connectivity index (χ2v) is 9.30. The maximum absolute atomic E-state index is 13.6. The minimum Gasteiger partial charge on any atom is -0.452 e. The Morgan fingerprint density at radius 1 is 1.11 bits per heavy atom. The fourth-order valence-corrected chi connectivity index (χ4v) is 4.45. The summed E-state index contributed by atoms with van der Waals surface area (Å²) >= 11 is 0. The van der Waals surface area contributed by atoms with Crippen LogP contribution < -0.4 is 10.6 Å². The number of benzene rings is 2. The van der Waals surface area contributed by atoms with Crippen molar-refractivity contribution in [2.75, 3.05) is 20.3 Å². The van der Waals surface area contributed by atoms with Crippen molar-refractivity contribution in [1.82, 2.24) is 15.5 Å². The molecule has 1 heterocycles. The van der Waals surface area contributed by atoms with E-state index in [0.717, 1.165) is 5.56 Å². The number of ether oxygens (including phenoxy) is 2. The van der Waals surface area contributed by atoms with Crippen LogP contribution in [0.3, 0.4) is 0 Å². The van der Waals surface area contributed by atoms with Crippen molar-refractivity contribution < 1.29 is 33.3 Å². The Balaban J connectivity index is 1.69. The van der Waals surface area contributed by atoms with Crippen molar-refractivity contribution in [2.24, 2.45) is 0 Å². The van der Waals surface area contributed by atoms with E-state index in [9.17, 15) is 23.8 Å². The number of hydrogen-bond acceptors (Lipinski definition) is 6. The number of hydrogen-bond donors (Lipinski definition) is 3. The van der Waals surface area contributed by atoms with E-state index < -0.39 is 35.8 Å². The van der Waals surface area contributed by atoms with Crippen LogP contribution in [0, 0.1) is 5.82 Å². The van der Waals surface area contributed by atoms with Crippen LogP contribution in [0.2, 0.25) is 0 Å². The highest BCUT2D eigenvalue weighted by Crippen LogP contribution is 2.20. The average Bonchev–Trinajstić information content (AvgIpc) is 3.42. The van der Waals surface area contributed by atoms with E-state index in [0.29, 0.717) is 44.4 Å². The highest BCUT2D eigenvalue weighted by atomic mass is 19.1. The lowest BCUT2D eigenvalue weighted by Crippen LogP contribution is -2.55. The quantitative estimate of drug-likeness (QED) is 0.271. The third-order valence-corrected chi connectivity index (χ3v) is 6.46. The zero-order chi connectivity index (χ0) is 27.3. The van der Waals surface area contributed by atoms with Gasteiger partial charge >= 0.3 is 6.09 Å². The fraction of sp³-hybridized carbons (Fsp3) is 0.444. The normalized spacial score (nSPS) is 16.4. The van der Waals surface area contributed by atoms with Crippen LogP contribution in [-0.2, 0) is 32.1 Å². The van der Waals surface area contributed by atoms with Crippen LogP contribution in [0.25, 0.3) is 0 Å². The van der Waals surface area contributed by atoms with Gasteiger partial charge in [0.25, 0.3) is 7.48 Å². The minimum atomic E-state index is -1.02. The number of nitrogens with zero attached hydrogens (tertiary/aromatic N) is 1. The first kappa shape index (κ1) is 29.1. The van der Waals surface area contributed by atoms with Crippen molar-refractivity contribution in [3.8, 4) is 0 Å². The molecule has 0 saturated carbocycles. The molecule has 0 spiro atoms. The van der Waals surface area contributed by atoms with Gasteiger partial charge in [-0.1, -0.05) is 42.5 Å². The molecular weight excluding hydrogens is 492 g/mol. The van der Waals surface area contributed by atoms with E-state index in [-0.39, 0.29) is 26.4 Å². The van der Waals surface area contributed by atoms with Crippen LogP contribution in [0.4, 0.5) is 9.18 Å².